The average molecular weight is 391 g/mol. The summed E-state index contributed by atoms with van der Waals surface area (Å²) in [5, 5.41) is 12.8. The highest BCUT2D eigenvalue weighted by Gasteiger charge is 2.24. The van der Waals surface area contributed by atoms with Crippen LogP contribution in [-0.4, -0.2) is 25.2 Å². The zero-order valence-electron chi connectivity index (χ0n) is 16.3. The molecule has 5 nitrogen and oxygen atoms in total. The van der Waals surface area contributed by atoms with E-state index in [1.807, 2.05) is 19.9 Å². The third kappa shape index (κ3) is 5.64. The van der Waals surface area contributed by atoms with E-state index in [0.29, 0.717) is 28.0 Å². The Morgan fingerprint density at radius 1 is 1.37 bits per heavy atom. The molecule has 1 saturated carbocycles. The van der Waals surface area contributed by atoms with Crippen LogP contribution in [-0.2, 0) is 4.79 Å². The standard InChI is InChI=1S/C21H27ClN2O3/c1-13(2)27-20-17(22)10-15(11-19(20)26-4)9-16(12-23)21(25)24-18-8-6-5-7-14(18)3/h9-11,13-14,18H,5-8H2,1-4H3,(H,24,25)/b16-9+/t14-,18+/m0/s1. The smallest absolute Gasteiger partial charge is 0.262 e. The molecule has 27 heavy (non-hydrogen) atoms. The lowest BCUT2D eigenvalue weighted by Crippen LogP contribution is -2.41. The van der Waals surface area contributed by atoms with Gasteiger partial charge in [-0.15, -0.1) is 0 Å². The van der Waals surface area contributed by atoms with Crippen molar-refractivity contribution >= 4 is 23.6 Å². The first kappa shape index (κ1) is 21.1. The summed E-state index contributed by atoms with van der Waals surface area (Å²) in [6, 6.07) is 5.47. The quantitative estimate of drug-likeness (QED) is 0.562. The molecule has 6 heteroatoms. The molecule has 1 aliphatic carbocycles. The van der Waals surface area contributed by atoms with E-state index in [4.69, 9.17) is 21.1 Å². The van der Waals surface area contributed by atoms with Crippen molar-refractivity contribution < 1.29 is 14.3 Å². The van der Waals surface area contributed by atoms with Gasteiger partial charge in [-0.1, -0.05) is 31.4 Å². The van der Waals surface area contributed by atoms with Gasteiger partial charge in [0, 0.05) is 6.04 Å². The number of carbonyl (C=O) groups is 1. The zero-order valence-corrected chi connectivity index (χ0v) is 17.1. The van der Waals surface area contributed by atoms with Gasteiger partial charge in [-0.25, -0.2) is 0 Å². The molecule has 1 aromatic carbocycles. The van der Waals surface area contributed by atoms with Crippen LogP contribution in [0.2, 0.25) is 5.02 Å². The van der Waals surface area contributed by atoms with Gasteiger partial charge in [-0.3, -0.25) is 4.79 Å². The van der Waals surface area contributed by atoms with Crippen molar-refractivity contribution in [2.24, 2.45) is 5.92 Å². The molecule has 1 aliphatic rings. The minimum absolute atomic E-state index is 0.0448. The SMILES string of the molecule is COc1cc(/C=C(\C#N)C(=O)N[C@@H]2CCCC[C@@H]2C)cc(Cl)c1OC(C)C. The summed E-state index contributed by atoms with van der Waals surface area (Å²) in [6.45, 7) is 5.93. The van der Waals surface area contributed by atoms with E-state index < -0.39 is 0 Å². The van der Waals surface area contributed by atoms with Crippen molar-refractivity contribution in [3.05, 3.63) is 28.3 Å². The van der Waals surface area contributed by atoms with Gasteiger partial charge in [0.1, 0.15) is 11.6 Å². The first-order chi connectivity index (χ1) is 12.8. The molecule has 0 unspecified atom stereocenters. The van der Waals surface area contributed by atoms with Crippen molar-refractivity contribution in [2.45, 2.75) is 58.6 Å². The van der Waals surface area contributed by atoms with Crippen LogP contribution in [0.5, 0.6) is 11.5 Å². The molecule has 0 spiro atoms. The molecule has 2 atom stereocenters. The van der Waals surface area contributed by atoms with Crippen LogP contribution in [0.15, 0.2) is 17.7 Å². The van der Waals surface area contributed by atoms with Crippen LogP contribution < -0.4 is 14.8 Å². The van der Waals surface area contributed by atoms with Gasteiger partial charge in [0.2, 0.25) is 0 Å². The molecule has 0 bridgehead atoms. The second-order valence-corrected chi connectivity index (χ2v) is 7.62. The Kier molecular flexibility index (Phi) is 7.55. The Hall–Kier alpha value is -2.19. The number of nitrogens with zero attached hydrogens (tertiary/aromatic N) is 1. The highest BCUT2D eigenvalue weighted by atomic mass is 35.5. The predicted octanol–water partition coefficient (Wildman–Crippen LogP) is 4.74. The number of amides is 1. The lowest BCUT2D eigenvalue weighted by atomic mass is 9.86. The van der Waals surface area contributed by atoms with Gasteiger partial charge < -0.3 is 14.8 Å². The van der Waals surface area contributed by atoms with Crippen LogP contribution in [0, 0.1) is 17.2 Å². The molecular weight excluding hydrogens is 364 g/mol. The fourth-order valence-electron chi connectivity index (χ4n) is 3.27. The first-order valence-corrected chi connectivity index (χ1v) is 9.70. The maximum absolute atomic E-state index is 12.6. The number of benzene rings is 1. The molecule has 1 amide bonds. The number of hydrogen-bond acceptors (Lipinski definition) is 4. The molecule has 0 heterocycles. The van der Waals surface area contributed by atoms with E-state index in [2.05, 4.69) is 12.2 Å². The van der Waals surface area contributed by atoms with Crippen LogP contribution in [0.4, 0.5) is 0 Å². The number of ether oxygens (including phenoxy) is 2. The molecule has 2 rings (SSSR count). The number of nitrogens with one attached hydrogen (secondary N) is 1. The fraction of sp³-hybridized carbons (Fsp3) is 0.524. The largest absolute Gasteiger partial charge is 0.493 e. The molecule has 1 fully saturated rings. The minimum atomic E-state index is -0.353. The third-order valence-electron chi connectivity index (χ3n) is 4.71. The van der Waals surface area contributed by atoms with Crippen LogP contribution in [0.25, 0.3) is 6.08 Å². The Bertz CT molecular complexity index is 753. The van der Waals surface area contributed by atoms with E-state index in [-0.39, 0.29) is 23.6 Å². The Labute approximate surface area is 166 Å². The topological polar surface area (TPSA) is 71.3 Å². The lowest BCUT2D eigenvalue weighted by Gasteiger charge is -2.29. The number of hydrogen-bond donors (Lipinski definition) is 1. The highest BCUT2D eigenvalue weighted by molar-refractivity contribution is 6.32. The van der Waals surface area contributed by atoms with E-state index in [1.54, 1.807) is 12.1 Å². The van der Waals surface area contributed by atoms with Crippen molar-refractivity contribution in [1.82, 2.24) is 5.32 Å². The van der Waals surface area contributed by atoms with Gasteiger partial charge in [-0.2, -0.15) is 5.26 Å². The molecule has 146 valence electrons. The van der Waals surface area contributed by atoms with E-state index in [9.17, 15) is 10.1 Å². The number of methoxy groups -OCH3 is 1. The summed E-state index contributed by atoms with van der Waals surface area (Å²) in [4.78, 5) is 12.6. The number of nitriles is 1. The molecule has 0 radical (unpaired) electrons. The van der Waals surface area contributed by atoms with Crippen molar-refractivity contribution in [1.29, 1.82) is 5.26 Å². The summed E-state index contributed by atoms with van der Waals surface area (Å²) in [7, 11) is 1.52. The maximum atomic E-state index is 12.6. The first-order valence-electron chi connectivity index (χ1n) is 9.32. The zero-order chi connectivity index (χ0) is 20.0. The van der Waals surface area contributed by atoms with Crippen LogP contribution in [0.1, 0.15) is 52.0 Å². The number of halogens is 1. The second-order valence-electron chi connectivity index (χ2n) is 7.21. The van der Waals surface area contributed by atoms with Gasteiger partial charge >= 0.3 is 0 Å². The van der Waals surface area contributed by atoms with Gasteiger partial charge in [-0.05, 0) is 56.4 Å². The lowest BCUT2D eigenvalue weighted by molar-refractivity contribution is -0.118. The molecular formula is C21H27ClN2O3. The van der Waals surface area contributed by atoms with Gasteiger partial charge in [0.05, 0.1) is 18.2 Å². The predicted molar refractivity (Wildman–Crippen MR) is 107 cm³/mol. The molecule has 1 aromatic rings. The van der Waals surface area contributed by atoms with E-state index >= 15 is 0 Å². The summed E-state index contributed by atoms with van der Waals surface area (Å²) >= 11 is 6.32. The normalized spacial score (nSPS) is 20.1. The average Bonchev–Trinajstić information content (AvgIpc) is 2.63. The van der Waals surface area contributed by atoms with Crippen LogP contribution >= 0.6 is 11.6 Å². The van der Waals surface area contributed by atoms with Gasteiger partial charge in [0.25, 0.3) is 5.91 Å². The summed E-state index contributed by atoms with van der Waals surface area (Å²) in [5.74, 6) is 0.977. The monoisotopic (exact) mass is 390 g/mol. The van der Waals surface area contributed by atoms with Crippen LogP contribution in [0.3, 0.4) is 0 Å². The van der Waals surface area contributed by atoms with Crippen molar-refractivity contribution in [3.8, 4) is 17.6 Å². The van der Waals surface area contributed by atoms with E-state index in [1.165, 1.54) is 19.6 Å². The van der Waals surface area contributed by atoms with Crippen molar-refractivity contribution in [3.63, 3.8) is 0 Å². The molecule has 0 aliphatic heterocycles. The summed E-state index contributed by atoms with van der Waals surface area (Å²) in [6.07, 6.45) is 5.81. The number of carbonyl (C=O) groups excluding carboxylic acids is 1. The summed E-state index contributed by atoms with van der Waals surface area (Å²) < 4.78 is 11.0. The molecule has 0 saturated heterocycles. The highest BCUT2D eigenvalue weighted by Crippen LogP contribution is 2.37. The van der Waals surface area contributed by atoms with Gasteiger partial charge in [0.15, 0.2) is 11.5 Å². The summed E-state index contributed by atoms with van der Waals surface area (Å²) in [5.41, 5.74) is 0.653. The number of rotatable bonds is 6. The fourth-order valence-corrected chi connectivity index (χ4v) is 3.53. The third-order valence-corrected chi connectivity index (χ3v) is 4.99. The van der Waals surface area contributed by atoms with E-state index in [0.717, 1.165) is 19.3 Å². The Morgan fingerprint density at radius 3 is 2.67 bits per heavy atom. The Morgan fingerprint density at radius 2 is 2.07 bits per heavy atom. The minimum Gasteiger partial charge on any atom is -0.493 e. The maximum Gasteiger partial charge on any atom is 0.262 e. The molecule has 1 N–H and O–H groups in total. The Balaban J connectivity index is 2.24. The second kappa shape index (κ2) is 9.66. The van der Waals surface area contributed by atoms with Crippen molar-refractivity contribution in [2.75, 3.05) is 7.11 Å². The molecule has 0 aromatic heterocycles.